The predicted molar refractivity (Wildman–Crippen MR) is 125 cm³/mol. The molecule has 0 bridgehead atoms. The van der Waals surface area contributed by atoms with E-state index < -0.39 is 29.0 Å². The lowest BCUT2D eigenvalue weighted by Crippen LogP contribution is -2.20. The van der Waals surface area contributed by atoms with Gasteiger partial charge in [-0.05, 0) is 47.5 Å². The van der Waals surface area contributed by atoms with Crippen molar-refractivity contribution in [3.63, 3.8) is 0 Å². The number of hydrogen-bond donors (Lipinski definition) is 2. The molecule has 6 nitrogen and oxygen atoms in total. The summed E-state index contributed by atoms with van der Waals surface area (Å²) in [6, 6.07) is 19.9. The van der Waals surface area contributed by atoms with Crippen LogP contribution in [-0.4, -0.2) is 23.7 Å². The molecule has 0 radical (unpaired) electrons. The summed E-state index contributed by atoms with van der Waals surface area (Å²) in [5.41, 5.74) is 3.32. The number of halogens is 2. The van der Waals surface area contributed by atoms with Gasteiger partial charge in [0.15, 0.2) is 0 Å². The number of aromatic nitrogens is 3. The number of rotatable bonds is 8. The molecule has 0 aliphatic carbocycles. The van der Waals surface area contributed by atoms with E-state index in [0.717, 1.165) is 11.1 Å². The van der Waals surface area contributed by atoms with Crippen molar-refractivity contribution in [2.75, 3.05) is 0 Å². The first-order valence-corrected chi connectivity index (χ1v) is 11.6. The standard InChI is InChI=1S/C24H20ClFN4O2S/c25-18-10-8-16(9-11-18)23(21-7-1-5-19(30-21)15-29-33(31)32)22(17-4-2-12-27-14-17)20-6-3-13-28-24(20)26/h1-14,22-23,29H,15H2,(H,31,32). The molecule has 4 aromatic rings. The Morgan fingerprint density at radius 1 is 0.970 bits per heavy atom. The summed E-state index contributed by atoms with van der Waals surface area (Å²) in [5.74, 6) is -1.47. The summed E-state index contributed by atoms with van der Waals surface area (Å²) in [6.45, 7) is 0.100. The first kappa shape index (κ1) is 23.1. The minimum absolute atomic E-state index is 0.100. The van der Waals surface area contributed by atoms with Crippen LogP contribution < -0.4 is 4.72 Å². The zero-order valence-corrected chi connectivity index (χ0v) is 18.9. The van der Waals surface area contributed by atoms with Gasteiger partial charge in [-0.1, -0.05) is 41.9 Å². The van der Waals surface area contributed by atoms with Gasteiger partial charge in [0, 0.05) is 46.7 Å². The summed E-state index contributed by atoms with van der Waals surface area (Å²) in [6.07, 6.45) is 4.79. The van der Waals surface area contributed by atoms with E-state index >= 15 is 4.39 Å². The van der Waals surface area contributed by atoms with Crippen molar-refractivity contribution >= 4 is 22.9 Å². The Morgan fingerprint density at radius 2 is 1.76 bits per heavy atom. The lowest BCUT2D eigenvalue weighted by atomic mass is 9.76. The Morgan fingerprint density at radius 3 is 2.45 bits per heavy atom. The van der Waals surface area contributed by atoms with E-state index in [-0.39, 0.29) is 6.54 Å². The van der Waals surface area contributed by atoms with Gasteiger partial charge >= 0.3 is 0 Å². The van der Waals surface area contributed by atoms with Crippen LogP contribution in [0.1, 0.15) is 39.9 Å². The van der Waals surface area contributed by atoms with Crippen LogP contribution in [0.2, 0.25) is 5.02 Å². The molecule has 0 saturated heterocycles. The number of benzene rings is 1. The van der Waals surface area contributed by atoms with Gasteiger partial charge in [0.25, 0.3) is 0 Å². The molecule has 4 rings (SSSR count). The third-order valence-corrected chi connectivity index (χ3v) is 5.90. The first-order chi connectivity index (χ1) is 16.0. The van der Waals surface area contributed by atoms with Gasteiger partial charge in [0.05, 0.1) is 12.2 Å². The first-order valence-electron chi connectivity index (χ1n) is 10.1. The van der Waals surface area contributed by atoms with Crippen molar-refractivity contribution in [3.8, 4) is 0 Å². The second kappa shape index (κ2) is 10.7. The zero-order chi connectivity index (χ0) is 23.2. The Balaban J connectivity index is 1.91. The third kappa shape index (κ3) is 5.66. The Labute approximate surface area is 198 Å². The van der Waals surface area contributed by atoms with Gasteiger partial charge in [-0.2, -0.15) is 4.39 Å². The molecule has 0 aliphatic rings. The van der Waals surface area contributed by atoms with Crippen LogP contribution in [0.4, 0.5) is 4.39 Å². The fourth-order valence-corrected chi connectivity index (χ4v) is 4.25. The number of hydrogen-bond acceptors (Lipinski definition) is 4. The molecule has 3 heterocycles. The largest absolute Gasteiger partial charge is 0.294 e. The number of pyridine rings is 3. The molecule has 3 aromatic heterocycles. The van der Waals surface area contributed by atoms with E-state index in [1.54, 1.807) is 48.8 Å². The van der Waals surface area contributed by atoms with Crippen molar-refractivity contribution in [2.24, 2.45) is 0 Å². The molecule has 1 aromatic carbocycles. The summed E-state index contributed by atoms with van der Waals surface area (Å²) in [4.78, 5) is 12.9. The van der Waals surface area contributed by atoms with Crippen molar-refractivity contribution in [1.29, 1.82) is 0 Å². The molecule has 0 spiro atoms. The molecule has 0 saturated carbocycles. The second-order valence-corrected chi connectivity index (χ2v) is 8.52. The summed E-state index contributed by atoms with van der Waals surface area (Å²) in [5, 5.41) is 0.583. The van der Waals surface area contributed by atoms with Crippen molar-refractivity contribution in [1.82, 2.24) is 19.7 Å². The van der Waals surface area contributed by atoms with Gasteiger partial charge in [-0.15, -0.1) is 0 Å². The van der Waals surface area contributed by atoms with E-state index in [0.29, 0.717) is 22.0 Å². The third-order valence-electron chi connectivity index (χ3n) is 5.25. The summed E-state index contributed by atoms with van der Waals surface area (Å²) in [7, 11) is 0. The van der Waals surface area contributed by atoms with E-state index in [1.165, 1.54) is 6.20 Å². The fourth-order valence-electron chi connectivity index (χ4n) is 3.85. The maximum Gasteiger partial charge on any atom is 0.232 e. The molecule has 3 atom stereocenters. The lowest BCUT2D eigenvalue weighted by molar-refractivity contribution is 0.539. The van der Waals surface area contributed by atoms with E-state index in [1.807, 2.05) is 30.3 Å². The van der Waals surface area contributed by atoms with Gasteiger partial charge in [0.2, 0.25) is 17.2 Å². The SMILES string of the molecule is O=S(O)NCc1cccc(C(c2ccc(Cl)cc2)C(c2cccnc2)c2cccnc2F)n1. The second-order valence-electron chi connectivity index (χ2n) is 7.30. The van der Waals surface area contributed by atoms with Crippen LogP contribution in [-0.2, 0) is 17.8 Å². The van der Waals surface area contributed by atoms with Gasteiger partial charge in [-0.25, -0.2) is 13.9 Å². The average Bonchev–Trinajstić information content (AvgIpc) is 2.83. The molecule has 9 heteroatoms. The van der Waals surface area contributed by atoms with E-state index in [2.05, 4.69) is 14.7 Å². The fraction of sp³-hybridized carbons (Fsp3) is 0.125. The van der Waals surface area contributed by atoms with Crippen LogP contribution in [0, 0.1) is 5.95 Å². The Kier molecular flexibility index (Phi) is 7.51. The predicted octanol–water partition coefficient (Wildman–Crippen LogP) is 4.85. The van der Waals surface area contributed by atoms with Crippen molar-refractivity contribution < 1.29 is 13.2 Å². The highest BCUT2D eigenvalue weighted by atomic mass is 35.5. The lowest BCUT2D eigenvalue weighted by Gasteiger charge is -2.28. The van der Waals surface area contributed by atoms with Crippen LogP contribution in [0.15, 0.2) is 85.3 Å². The summed E-state index contributed by atoms with van der Waals surface area (Å²) >= 11 is 3.98. The van der Waals surface area contributed by atoms with Crippen LogP contribution in [0.25, 0.3) is 0 Å². The van der Waals surface area contributed by atoms with E-state index in [4.69, 9.17) is 21.1 Å². The van der Waals surface area contributed by atoms with Crippen LogP contribution in [0.3, 0.4) is 0 Å². The highest BCUT2D eigenvalue weighted by Crippen LogP contribution is 2.42. The maximum absolute atomic E-state index is 15.0. The normalized spacial score (nSPS) is 13.9. The smallest absolute Gasteiger partial charge is 0.232 e. The molecule has 3 unspecified atom stereocenters. The molecule has 33 heavy (non-hydrogen) atoms. The van der Waals surface area contributed by atoms with Gasteiger partial charge in [-0.3, -0.25) is 14.5 Å². The quantitative estimate of drug-likeness (QED) is 0.277. The molecule has 0 fully saturated rings. The molecular weight excluding hydrogens is 463 g/mol. The Bertz CT molecular complexity index is 1240. The van der Waals surface area contributed by atoms with Crippen LogP contribution >= 0.6 is 11.6 Å². The topological polar surface area (TPSA) is 88.0 Å². The molecule has 168 valence electrons. The summed E-state index contributed by atoms with van der Waals surface area (Å²) < 4.78 is 37.6. The van der Waals surface area contributed by atoms with Crippen LogP contribution in [0.5, 0.6) is 0 Å². The van der Waals surface area contributed by atoms with Crippen molar-refractivity contribution in [3.05, 3.63) is 124 Å². The highest BCUT2D eigenvalue weighted by Gasteiger charge is 2.32. The van der Waals surface area contributed by atoms with Gasteiger partial charge < -0.3 is 0 Å². The highest BCUT2D eigenvalue weighted by molar-refractivity contribution is 7.77. The average molecular weight is 483 g/mol. The van der Waals surface area contributed by atoms with Crippen molar-refractivity contribution in [2.45, 2.75) is 18.4 Å². The number of nitrogens with one attached hydrogen (secondary N) is 1. The molecule has 0 aliphatic heterocycles. The van der Waals surface area contributed by atoms with E-state index in [9.17, 15) is 4.21 Å². The number of nitrogens with zero attached hydrogens (tertiary/aromatic N) is 3. The molecular formula is C24H20ClFN4O2S. The minimum Gasteiger partial charge on any atom is -0.294 e. The maximum atomic E-state index is 15.0. The monoisotopic (exact) mass is 482 g/mol. The minimum atomic E-state index is -2.16. The Hall–Kier alpha value is -3.04. The zero-order valence-electron chi connectivity index (χ0n) is 17.3. The molecule has 2 N–H and O–H groups in total. The molecule has 0 amide bonds. The van der Waals surface area contributed by atoms with Gasteiger partial charge in [0.1, 0.15) is 0 Å².